The molecule has 0 radical (unpaired) electrons. The van der Waals surface area contributed by atoms with E-state index in [1.165, 1.54) is 6.07 Å². The monoisotopic (exact) mass is 282 g/mol. The van der Waals surface area contributed by atoms with Crippen LogP contribution in [-0.2, 0) is 0 Å². The van der Waals surface area contributed by atoms with Crippen LogP contribution in [-0.4, -0.2) is 15.0 Å². The molecule has 0 spiro atoms. The van der Waals surface area contributed by atoms with Gasteiger partial charge in [-0.1, -0.05) is 35.5 Å². The third-order valence-electron chi connectivity index (χ3n) is 3.39. The van der Waals surface area contributed by atoms with Gasteiger partial charge in [-0.2, -0.15) is 0 Å². The molecular formula is C16H15FN4. The van der Waals surface area contributed by atoms with E-state index in [1.54, 1.807) is 16.9 Å². The maximum atomic E-state index is 14.1. The molecule has 0 saturated heterocycles. The first-order valence-corrected chi connectivity index (χ1v) is 6.64. The highest BCUT2D eigenvalue weighted by atomic mass is 19.1. The SMILES string of the molecule is Cc1ccc(C(N)c2cnnn2-c2ccccc2)c(F)c1. The summed E-state index contributed by atoms with van der Waals surface area (Å²) in [4.78, 5) is 0. The van der Waals surface area contributed by atoms with Crippen LogP contribution in [0.4, 0.5) is 4.39 Å². The zero-order valence-corrected chi connectivity index (χ0v) is 11.6. The summed E-state index contributed by atoms with van der Waals surface area (Å²) in [6, 6.07) is 13.9. The lowest BCUT2D eigenvalue weighted by molar-refractivity contribution is 0.591. The minimum absolute atomic E-state index is 0.316. The number of halogens is 1. The van der Waals surface area contributed by atoms with E-state index in [1.807, 2.05) is 43.3 Å². The van der Waals surface area contributed by atoms with Gasteiger partial charge in [0, 0.05) is 5.56 Å². The van der Waals surface area contributed by atoms with Crippen LogP contribution in [0, 0.1) is 12.7 Å². The fourth-order valence-electron chi connectivity index (χ4n) is 2.27. The van der Waals surface area contributed by atoms with Crippen LogP contribution in [0.5, 0.6) is 0 Å². The number of aromatic nitrogens is 3. The Kier molecular flexibility index (Phi) is 3.50. The Hall–Kier alpha value is -2.53. The zero-order chi connectivity index (χ0) is 14.8. The van der Waals surface area contributed by atoms with Crippen molar-refractivity contribution in [1.82, 2.24) is 15.0 Å². The summed E-state index contributed by atoms with van der Waals surface area (Å²) in [7, 11) is 0. The van der Waals surface area contributed by atoms with Crippen molar-refractivity contribution in [3.8, 4) is 5.69 Å². The highest BCUT2D eigenvalue weighted by molar-refractivity contribution is 5.36. The molecule has 1 aromatic heterocycles. The van der Waals surface area contributed by atoms with E-state index in [2.05, 4.69) is 10.3 Å². The minimum atomic E-state index is -0.624. The van der Waals surface area contributed by atoms with Crippen molar-refractivity contribution in [3.63, 3.8) is 0 Å². The molecule has 0 aliphatic carbocycles. The van der Waals surface area contributed by atoms with E-state index >= 15 is 0 Å². The van der Waals surface area contributed by atoms with Gasteiger partial charge in [-0.3, -0.25) is 0 Å². The summed E-state index contributed by atoms with van der Waals surface area (Å²) >= 11 is 0. The van der Waals surface area contributed by atoms with Crippen LogP contribution in [0.15, 0.2) is 54.7 Å². The average molecular weight is 282 g/mol. The van der Waals surface area contributed by atoms with Crippen molar-refractivity contribution in [2.24, 2.45) is 5.73 Å². The second kappa shape index (κ2) is 5.46. The topological polar surface area (TPSA) is 56.7 Å². The number of nitrogens with two attached hydrogens (primary N) is 1. The molecule has 1 atom stereocenters. The summed E-state index contributed by atoms with van der Waals surface area (Å²) < 4.78 is 15.7. The van der Waals surface area contributed by atoms with E-state index in [4.69, 9.17) is 5.73 Å². The second-order valence-corrected chi connectivity index (χ2v) is 4.91. The summed E-state index contributed by atoms with van der Waals surface area (Å²) in [5, 5.41) is 7.95. The van der Waals surface area contributed by atoms with E-state index in [-0.39, 0.29) is 5.82 Å². The molecular weight excluding hydrogens is 267 g/mol. The van der Waals surface area contributed by atoms with Crippen molar-refractivity contribution in [1.29, 1.82) is 0 Å². The van der Waals surface area contributed by atoms with Crippen LogP contribution < -0.4 is 5.73 Å². The normalized spacial score (nSPS) is 12.3. The molecule has 2 aromatic carbocycles. The van der Waals surface area contributed by atoms with Gasteiger partial charge in [-0.05, 0) is 30.7 Å². The smallest absolute Gasteiger partial charge is 0.128 e. The predicted octanol–water partition coefficient (Wildman–Crippen LogP) is 2.76. The first kappa shape index (κ1) is 13.5. The quantitative estimate of drug-likeness (QED) is 0.803. The maximum absolute atomic E-state index is 14.1. The first-order chi connectivity index (χ1) is 10.2. The van der Waals surface area contributed by atoms with Crippen LogP contribution in [0.3, 0.4) is 0 Å². The molecule has 0 saturated carbocycles. The molecule has 0 bridgehead atoms. The predicted molar refractivity (Wildman–Crippen MR) is 78.5 cm³/mol. The molecule has 3 aromatic rings. The maximum Gasteiger partial charge on any atom is 0.128 e. The van der Waals surface area contributed by atoms with Gasteiger partial charge in [0.1, 0.15) is 5.82 Å². The molecule has 0 aliphatic rings. The van der Waals surface area contributed by atoms with E-state index < -0.39 is 6.04 Å². The lowest BCUT2D eigenvalue weighted by Crippen LogP contribution is -2.18. The summed E-state index contributed by atoms with van der Waals surface area (Å²) in [6.07, 6.45) is 1.57. The third-order valence-corrected chi connectivity index (χ3v) is 3.39. The van der Waals surface area contributed by atoms with Crippen molar-refractivity contribution in [3.05, 3.63) is 77.4 Å². The fourth-order valence-corrected chi connectivity index (χ4v) is 2.27. The van der Waals surface area contributed by atoms with Gasteiger partial charge in [0.2, 0.25) is 0 Å². The number of hydrogen-bond donors (Lipinski definition) is 1. The van der Waals surface area contributed by atoms with Gasteiger partial charge >= 0.3 is 0 Å². The van der Waals surface area contributed by atoms with E-state index in [0.717, 1.165) is 11.3 Å². The number of aryl methyl sites for hydroxylation is 1. The molecule has 0 aliphatic heterocycles. The standard InChI is InChI=1S/C16H15FN4/c1-11-7-8-13(14(17)9-11)16(18)15-10-19-20-21(15)12-5-3-2-4-6-12/h2-10,16H,18H2,1H3. The highest BCUT2D eigenvalue weighted by Crippen LogP contribution is 2.24. The number of para-hydroxylation sites is 1. The number of rotatable bonds is 3. The van der Waals surface area contributed by atoms with Crippen LogP contribution in [0.2, 0.25) is 0 Å². The zero-order valence-electron chi connectivity index (χ0n) is 11.6. The first-order valence-electron chi connectivity index (χ1n) is 6.64. The number of hydrogen-bond acceptors (Lipinski definition) is 3. The third kappa shape index (κ3) is 2.55. The van der Waals surface area contributed by atoms with E-state index in [0.29, 0.717) is 11.3 Å². The molecule has 0 fully saturated rings. The Morgan fingerprint density at radius 1 is 1.14 bits per heavy atom. The summed E-state index contributed by atoms with van der Waals surface area (Å²) in [5.74, 6) is -0.316. The highest BCUT2D eigenvalue weighted by Gasteiger charge is 2.19. The largest absolute Gasteiger partial charge is 0.319 e. The van der Waals surface area contributed by atoms with Crippen LogP contribution >= 0.6 is 0 Å². The summed E-state index contributed by atoms with van der Waals surface area (Å²) in [6.45, 7) is 1.84. The van der Waals surface area contributed by atoms with Gasteiger partial charge in [0.25, 0.3) is 0 Å². The van der Waals surface area contributed by atoms with Gasteiger partial charge in [-0.15, -0.1) is 5.10 Å². The van der Waals surface area contributed by atoms with Crippen molar-refractivity contribution in [2.75, 3.05) is 0 Å². The molecule has 1 unspecified atom stereocenters. The van der Waals surface area contributed by atoms with Crippen molar-refractivity contribution in [2.45, 2.75) is 13.0 Å². The Morgan fingerprint density at radius 2 is 1.90 bits per heavy atom. The van der Waals surface area contributed by atoms with Crippen molar-refractivity contribution >= 4 is 0 Å². The van der Waals surface area contributed by atoms with Crippen LogP contribution in [0.25, 0.3) is 5.69 Å². The van der Waals surface area contributed by atoms with Gasteiger partial charge in [-0.25, -0.2) is 9.07 Å². The molecule has 4 nitrogen and oxygen atoms in total. The van der Waals surface area contributed by atoms with Crippen LogP contribution in [0.1, 0.15) is 22.9 Å². The van der Waals surface area contributed by atoms with Gasteiger partial charge < -0.3 is 5.73 Å². The summed E-state index contributed by atoms with van der Waals surface area (Å²) in [5.41, 5.74) is 8.98. The average Bonchev–Trinajstić information content (AvgIpc) is 2.97. The Balaban J connectivity index is 2.03. The number of nitrogens with zero attached hydrogens (tertiary/aromatic N) is 3. The van der Waals surface area contributed by atoms with Crippen molar-refractivity contribution < 1.29 is 4.39 Å². The lowest BCUT2D eigenvalue weighted by atomic mass is 10.0. The Labute approximate surface area is 122 Å². The minimum Gasteiger partial charge on any atom is -0.319 e. The number of benzene rings is 2. The van der Waals surface area contributed by atoms with Gasteiger partial charge in [0.15, 0.2) is 0 Å². The molecule has 1 heterocycles. The molecule has 2 N–H and O–H groups in total. The Bertz CT molecular complexity index is 752. The van der Waals surface area contributed by atoms with E-state index in [9.17, 15) is 4.39 Å². The molecule has 0 amide bonds. The molecule has 5 heteroatoms. The Morgan fingerprint density at radius 3 is 2.62 bits per heavy atom. The second-order valence-electron chi connectivity index (χ2n) is 4.91. The lowest BCUT2D eigenvalue weighted by Gasteiger charge is -2.14. The molecule has 3 rings (SSSR count). The molecule has 21 heavy (non-hydrogen) atoms. The van der Waals surface area contributed by atoms with Gasteiger partial charge in [0.05, 0.1) is 23.6 Å². The fraction of sp³-hybridized carbons (Fsp3) is 0.125. The molecule has 106 valence electrons.